The summed E-state index contributed by atoms with van der Waals surface area (Å²) in [6, 6.07) is 11.5. The molecule has 10 nitrogen and oxygen atoms in total. The van der Waals surface area contributed by atoms with Gasteiger partial charge in [0.2, 0.25) is 5.91 Å². The second kappa shape index (κ2) is 11.6. The highest BCUT2D eigenvalue weighted by Gasteiger charge is 2.31. The van der Waals surface area contributed by atoms with Crippen LogP contribution in [-0.2, 0) is 4.79 Å². The average molecular weight is 515 g/mol. The molecular weight excluding hydrogens is 495 g/mol. The van der Waals surface area contributed by atoms with Gasteiger partial charge in [-0.05, 0) is 42.5 Å². The van der Waals surface area contributed by atoms with Crippen LogP contribution in [0.2, 0.25) is 0 Å². The highest BCUT2D eigenvalue weighted by Crippen LogP contribution is 2.30. The molecule has 1 heterocycles. The maximum absolute atomic E-state index is 12.7. The highest BCUT2D eigenvalue weighted by molar-refractivity contribution is 6.02. The first kappa shape index (κ1) is 26.5. The number of hydrogen-bond donors (Lipinski definition) is 4. The Labute approximate surface area is 208 Å². The van der Waals surface area contributed by atoms with Crippen molar-refractivity contribution in [2.24, 2.45) is 0 Å². The van der Waals surface area contributed by atoms with Crippen LogP contribution < -0.4 is 30.7 Å². The number of pyridine rings is 1. The fourth-order valence-electron chi connectivity index (χ4n) is 2.89. The van der Waals surface area contributed by atoms with Crippen molar-refractivity contribution in [1.82, 2.24) is 10.3 Å². The molecule has 3 aromatic rings. The van der Waals surface area contributed by atoms with Gasteiger partial charge in [-0.15, -0.1) is 13.2 Å². The summed E-state index contributed by atoms with van der Waals surface area (Å²) in [4.78, 5) is 39.6. The monoisotopic (exact) mass is 515 g/mol. The number of amides is 4. The van der Waals surface area contributed by atoms with Crippen molar-refractivity contribution in [2.45, 2.75) is 6.36 Å². The number of benzene rings is 2. The van der Waals surface area contributed by atoms with Crippen LogP contribution in [-0.4, -0.2) is 36.2 Å². The van der Waals surface area contributed by atoms with Crippen LogP contribution in [0, 0.1) is 0 Å². The Morgan fingerprint density at radius 3 is 2.14 bits per heavy atom. The molecule has 0 atom stereocenters. The molecule has 0 aliphatic carbocycles. The molecule has 13 heteroatoms. The number of carbonyl (C=O) groups excluding carboxylic acids is 3. The number of aromatic nitrogens is 1. The summed E-state index contributed by atoms with van der Waals surface area (Å²) in [6.07, 6.45) is -2.63. The molecule has 2 aromatic carbocycles. The summed E-state index contributed by atoms with van der Waals surface area (Å²) in [6.45, 7) is 3.27. The van der Waals surface area contributed by atoms with Gasteiger partial charge in [0.15, 0.2) is 0 Å². The van der Waals surface area contributed by atoms with Crippen LogP contribution in [0.5, 0.6) is 17.2 Å². The summed E-state index contributed by atoms with van der Waals surface area (Å²) >= 11 is 0. The zero-order valence-corrected chi connectivity index (χ0v) is 19.2. The quantitative estimate of drug-likeness (QED) is 0.316. The Bertz CT molecular complexity index is 1310. The van der Waals surface area contributed by atoms with Gasteiger partial charge in [-0.2, -0.15) is 0 Å². The third-order valence-electron chi connectivity index (χ3n) is 4.39. The molecular formula is C24H20F3N5O5. The van der Waals surface area contributed by atoms with E-state index in [1.165, 1.54) is 37.5 Å². The van der Waals surface area contributed by atoms with Gasteiger partial charge >= 0.3 is 12.4 Å². The summed E-state index contributed by atoms with van der Waals surface area (Å²) in [5, 5.41) is 9.66. The molecule has 3 rings (SSSR count). The molecule has 0 saturated carbocycles. The second-order valence-corrected chi connectivity index (χ2v) is 7.15. The highest BCUT2D eigenvalue weighted by atomic mass is 19.4. The van der Waals surface area contributed by atoms with Crippen molar-refractivity contribution in [2.75, 3.05) is 23.0 Å². The summed E-state index contributed by atoms with van der Waals surface area (Å²) < 4.78 is 47.6. The molecule has 37 heavy (non-hydrogen) atoms. The van der Waals surface area contributed by atoms with Crippen molar-refractivity contribution in [1.29, 1.82) is 0 Å². The largest absolute Gasteiger partial charge is 0.573 e. The fraction of sp³-hybridized carbons (Fsp3) is 0.0833. The van der Waals surface area contributed by atoms with E-state index in [9.17, 15) is 27.6 Å². The fourth-order valence-corrected chi connectivity index (χ4v) is 2.89. The van der Waals surface area contributed by atoms with Gasteiger partial charge < -0.3 is 30.7 Å². The first-order valence-electron chi connectivity index (χ1n) is 10.4. The Hall–Kier alpha value is -5.07. The minimum Gasteiger partial charge on any atom is -0.457 e. The molecule has 0 aliphatic heterocycles. The summed E-state index contributed by atoms with van der Waals surface area (Å²) in [7, 11) is 1.48. The molecule has 0 radical (unpaired) electrons. The van der Waals surface area contributed by atoms with Crippen LogP contribution >= 0.6 is 0 Å². The lowest BCUT2D eigenvalue weighted by Gasteiger charge is -2.14. The minimum absolute atomic E-state index is 0.0564. The number of urea groups is 1. The molecule has 4 amide bonds. The maximum Gasteiger partial charge on any atom is 0.573 e. The second-order valence-electron chi connectivity index (χ2n) is 7.15. The number of ether oxygens (including phenoxy) is 2. The predicted octanol–water partition coefficient (Wildman–Crippen LogP) is 4.90. The van der Waals surface area contributed by atoms with Crippen LogP contribution in [0.1, 0.15) is 10.5 Å². The molecule has 192 valence electrons. The van der Waals surface area contributed by atoms with E-state index in [2.05, 4.69) is 37.6 Å². The Morgan fingerprint density at radius 2 is 1.51 bits per heavy atom. The predicted molar refractivity (Wildman–Crippen MR) is 129 cm³/mol. The zero-order valence-electron chi connectivity index (χ0n) is 19.2. The molecule has 0 fully saturated rings. The number of nitrogens with zero attached hydrogens (tertiary/aromatic N) is 1. The lowest BCUT2D eigenvalue weighted by atomic mass is 10.2. The van der Waals surface area contributed by atoms with E-state index in [4.69, 9.17) is 4.74 Å². The van der Waals surface area contributed by atoms with Crippen LogP contribution in [0.15, 0.2) is 73.4 Å². The SMILES string of the molecule is C=CC(=O)Nc1cc(NC(=O)Nc2ccc(Oc3ccnc(C(=O)NC)c3)cc2)cc(OC(F)(F)F)c1. The topological polar surface area (TPSA) is 131 Å². The molecule has 1 aromatic heterocycles. The number of hydrogen-bond acceptors (Lipinski definition) is 6. The lowest BCUT2D eigenvalue weighted by Crippen LogP contribution is -2.20. The van der Waals surface area contributed by atoms with Crippen molar-refractivity contribution < 1.29 is 37.0 Å². The Morgan fingerprint density at radius 1 is 0.865 bits per heavy atom. The van der Waals surface area contributed by atoms with E-state index in [1.54, 1.807) is 18.2 Å². The van der Waals surface area contributed by atoms with E-state index in [-0.39, 0.29) is 23.0 Å². The van der Waals surface area contributed by atoms with E-state index in [0.717, 1.165) is 18.2 Å². The van der Waals surface area contributed by atoms with Gasteiger partial charge in [0, 0.05) is 48.5 Å². The standard InChI is InChI=1S/C24H20F3N5O5/c1-3-21(33)30-15-10-16(12-19(11-15)37-24(25,26)27)32-23(35)31-14-4-6-17(7-5-14)36-18-8-9-29-20(13-18)22(34)28-2/h3-13H,1H2,2H3,(H,28,34)(H,30,33)(H2,31,32,35). The molecule has 4 N–H and O–H groups in total. The number of rotatable bonds is 8. The van der Waals surface area contributed by atoms with Crippen LogP contribution in [0.4, 0.5) is 35.0 Å². The Balaban J connectivity index is 1.67. The third-order valence-corrected chi connectivity index (χ3v) is 4.39. The molecule has 0 spiro atoms. The zero-order chi connectivity index (χ0) is 27.0. The van der Waals surface area contributed by atoms with Crippen molar-refractivity contribution in [3.63, 3.8) is 0 Å². The molecule has 0 unspecified atom stereocenters. The maximum atomic E-state index is 12.7. The summed E-state index contributed by atoms with van der Waals surface area (Å²) in [5.74, 6) is -0.922. The van der Waals surface area contributed by atoms with Gasteiger partial charge in [-0.25, -0.2) is 4.79 Å². The van der Waals surface area contributed by atoms with Gasteiger partial charge in [-0.3, -0.25) is 14.6 Å². The Kier molecular flexibility index (Phi) is 8.30. The van der Waals surface area contributed by atoms with Crippen LogP contribution in [0.3, 0.4) is 0 Å². The van der Waals surface area contributed by atoms with Gasteiger partial charge in [0.05, 0.1) is 0 Å². The first-order chi connectivity index (χ1) is 17.5. The van der Waals surface area contributed by atoms with Crippen molar-refractivity contribution >= 4 is 34.9 Å². The summed E-state index contributed by atoms with van der Waals surface area (Å²) in [5.41, 5.74) is 0.377. The number of carbonyl (C=O) groups is 3. The van der Waals surface area contributed by atoms with Crippen molar-refractivity contribution in [3.05, 3.63) is 79.1 Å². The molecule has 0 bridgehead atoms. The van der Waals surface area contributed by atoms with Gasteiger partial charge in [0.1, 0.15) is 22.9 Å². The molecule has 0 saturated heterocycles. The van der Waals surface area contributed by atoms with Gasteiger partial charge in [0.25, 0.3) is 5.91 Å². The number of nitrogens with one attached hydrogen (secondary N) is 4. The minimum atomic E-state index is -4.98. The molecule has 0 aliphatic rings. The average Bonchev–Trinajstić information content (AvgIpc) is 2.83. The smallest absolute Gasteiger partial charge is 0.457 e. The first-order valence-corrected chi connectivity index (χ1v) is 10.4. The third kappa shape index (κ3) is 8.28. The lowest BCUT2D eigenvalue weighted by molar-refractivity contribution is -0.274. The van der Waals surface area contributed by atoms with Gasteiger partial charge in [-0.1, -0.05) is 6.58 Å². The van der Waals surface area contributed by atoms with E-state index >= 15 is 0 Å². The van der Waals surface area contributed by atoms with E-state index in [0.29, 0.717) is 17.2 Å². The van der Waals surface area contributed by atoms with E-state index in [1.807, 2.05) is 0 Å². The normalized spacial score (nSPS) is 10.6. The number of alkyl halides is 3. The number of halogens is 3. The number of anilines is 3. The van der Waals surface area contributed by atoms with E-state index < -0.39 is 24.1 Å². The van der Waals surface area contributed by atoms with Crippen molar-refractivity contribution in [3.8, 4) is 17.2 Å². The van der Waals surface area contributed by atoms with Crippen LogP contribution in [0.25, 0.3) is 0 Å².